The number of carbonyl (C=O) groups excluding carboxylic acids is 3. The first-order valence-corrected chi connectivity index (χ1v) is 8.01. The van der Waals surface area contributed by atoms with E-state index in [0.717, 1.165) is 0 Å². The normalized spacial score (nSPS) is 12.9. The number of nitrogens with zero attached hydrogens (tertiary/aromatic N) is 1. The van der Waals surface area contributed by atoms with Crippen LogP contribution < -0.4 is 10.6 Å². The van der Waals surface area contributed by atoms with E-state index >= 15 is 0 Å². The fourth-order valence-electron chi connectivity index (χ4n) is 2.18. The van der Waals surface area contributed by atoms with E-state index in [1.165, 1.54) is 0 Å². The van der Waals surface area contributed by atoms with Crippen LogP contribution >= 0.6 is 0 Å². The number of nitrogens with one attached hydrogen (secondary N) is 2. The number of carboxylic acids is 1. The number of rotatable bonds is 10. The van der Waals surface area contributed by atoms with E-state index in [1.54, 1.807) is 38.2 Å². The summed E-state index contributed by atoms with van der Waals surface area (Å²) in [5.74, 6) is -2.44. The van der Waals surface area contributed by atoms with Crippen LogP contribution in [0, 0.1) is 5.92 Å². The van der Waals surface area contributed by atoms with Crippen LogP contribution in [0.4, 0.5) is 0 Å². The van der Waals surface area contributed by atoms with E-state index in [4.69, 9.17) is 5.11 Å². The number of aldehydes is 1. The molecule has 1 heterocycles. The number of carboxylic acid groups (broad SMARTS) is 1. The Morgan fingerprint density at radius 3 is 2.48 bits per heavy atom. The monoisotopic (exact) mass is 349 g/mol. The number of amides is 2. The van der Waals surface area contributed by atoms with Crippen molar-refractivity contribution in [2.75, 3.05) is 0 Å². The fraction of sp³-hybridized carbons (Fsp3) is 0.471. The molecule has 0 radical (unpaired) electrons. The molecule has 8 heteroatoms. The van der Waals surface area contributed by atoms with E-state index in [1.807, 2.05) is 0 Å². The summed E-state index contributed by atoms with van der Waals surface area (Å²) in [6, 6.07) is 3.13. The van der Waals surface area contributed by atoms with Gasteiger partial charge in [-0.05, 0) is 24.5 Å². The van der Waals surface area contributed by atoms with Crippen LogP contribution in [0.3, 0.4) is 0 Å². The smallest absolute Gasteiger partial charge is 0.326 e. The average Bonchev–Trinajstić information content (AvgIpc) is 2.56. The molecule has 0 saturated heterocycles. The van der Waals surface area contributed by atoms with Crippen molar-refractivity contribution in [3.63, 3.8) is 0 Å². The molecule has 0 saturated carbocycles. The van der Waals surface area contributed by atoms with Gasteiger partial charge in [-0.25, -0.2) is 4.79 Å². The van der Waals surface area contributed by atoms with Crippen LogP contribution in [-0.4, -0.2) is 46.2 Å². The quantitative estimate of drug-likeness (QED) is 0.522. The summed E-state index contributed by atoms with van der Waals surface area (Å²) in [6.45, 7) is 3.49. The van der Waals surface area contributed by atoms with Crippen molar-refractivity contribution in [1.82, 2.24) is 15.6 Å². The lowest BCUT2D eigenvalue weighted by molar-refractivity contribution is -0.142. The second-order valence-electron chi connectivity index (χ2n) is 5.93. The second-order valence-corrected chi connectivity index (χ2v) is 5.93. The van der Waals surface area contributed by atoms with Crippen LogP contribution in [0.15, 0.2) is 24.4 Å². The molecular weight excluding hydrogens is 326 g/mol. The lowest BCUT2D eigenvalue weighted by Gasteiger charge is -2.23. The van der Waals surface area contributed by atoms with Gasteiger partial charge in [0.1, 0.15) is 18.4 Å². The molecule has 3 N–H and O–H groups in total. The highest BCUT2D eigenvalue weighted by Gasteiger charge is 2.28. The second kappa shape index (κ2) is 10.2. The molecule has 0 fully saturated rings. The van der Waals surface area contributed by atoms with Gasteiger partial charge in [0.15, 0.2) is 0 Å². The van der Waals surface area contributed by atoms with E-state index in [2.05, 4.69) is 15.6 Å². The number of aliphatic carboxylic acids is 1. The Kier molecular flexibility index (Phi) is 8.25. The van der Waals surface area contributed by atoms with Crippen molar-refractivity contribution in [2.45, 2.75) is 45.2 Å². The Hall–Kier alpha value is -2.77. The molecule has 1 aromatic rings. The summed E-state index contributed by atoms with van der Waals surface area (Å²) < 4.78 is 0. The standard InChI is InChI=1S/C17H23N3O5/c1-11(2)15(16(23)19-13(17(24)25)7-5-9-21)20-14(22)10-12-6-3-4-8-18-12/h3-4,6,8-9,11,13,15H,5,7,10H2,1-2H3,(H,19,23)(H,20,22)(H,24,25)/t13-,15+/m1/s1. The van der Waals surface area contributed by atoms with Gasteiger partial charge < -0.3 is 20.5 Å². The first-order chi connectivity index (χ1) is 11.8. The fourth-order valence-corrected chi connectivity index (χ4v) is 2.18. The van der Waals surface area contributed by atoms with Crippen molar-refractivity contribution in [3.8, 4) is 0 Å². The Morgan fingerprint density at radius 2 is 1.96 bits per heavy atom. The molecule has 0 aromatic carbocycles. The zero-order valence-electron chi connectivity index (χ0n) is 14.3. The minimum absolute atomic E-state index is 0.00271. The molecule has 8 nitrogen and oxygen atoms in total. The number of hydrogen-bond acceptors (Lipinski definition) is 5. The van der Waals surface area contributed by atoms with Crippen LogP contribution in [0.2, 0.25) is 0 Å². The number of pyridine rings is 1. The maximum Gasteiger partial charge on any atom is 0.326 e. The molecule has 0 unspecified atom stereocenters. The third-order valence-electron chi connectivity index (χ3n) is 3.52. The topological polar surface area (TPSA) is 125 Å². The summed E-state index contributed by atoms with van der Waals surface area (Å²) in [5.41, 5.74) is 0.567. The molecule has 0 spiro atoms. The summed E-state index contributed by atoms with van der Waals surface area (Å²) >= 11 is 0. The van der Waals surface area contributed by atoms with Crippen molar-refractivity contribution in [3.05, 3.63) is 30.1 Å². The maximum absolute atomic E-state index is 12.4. The van der Waals surface area contributed by atoms with Crippen molar-refractivity contribution in [1.29, 1.82) is 0 Å². The SMILES string of the molecule is CC(C)[C@H](NC(=O)Cc1ccccn1)C(=O)N[C@H](CCC=O)C(=O)O. The van der Waals surface area contributed by atoms with Crippen molar-refractivity contribution in [2.24, 2.45) is 5.92 Å². The van der Waals surface area contributed by atoms with Gasteiger partial charge in [-0.15, -0.1) is 0 Å². The summed E-state index contributed by atoms with van der Waals surface area (Å²) in [5, 5.41) is 14.1. The number of aromatic nitrogens is 1. The van der Waals surface area contributed by atoms with Gasteiger partial charge >= 0.3 is 5.97 Å². The van der Waals surface area contributed by atoms with E-state index in [0.29, 0.717) is 12.0 Å². The van der Waals surface area contributed by atoms with Crippen molar-refractivity contribution >= 4 is 24.1 Å². The third kappa shape index (κ3) is 7.11. The van der Waals surface area contributed by atoms with Gasteiger partial charge in [0.25, 0.3) is 0 Å². The summed E-state index contributed by atoms with van der Waals surface area (Å²) in [7, 11) is 0. The molecule has 1 rings (SSSR count). The molecular formula is C17H23N3O5. The molecule has 2 atom stereocenters. The first-order valence-electron chi connectivity index (χ1n) is 8.01. The van der Waals surface area contributed by atoms with Crippen LogP contribution in [0.1, 0.15) is 32.4 Å². The van der Waals surface area contributed by atoms with Gasteiger partial charge in [-0.3, -0.25) is 14.6 Å². The minimum atomic E-state index is -1.22. The molecule has 0 aliphatic heterocycles. The molecule has 25 heavy (non-hydrogen) atoms. The van der Waals surface area contributed by atoms with Gasteiger partial charge in [-0.2, -0.15) is 0 Å². The minimum Gasteiger partial charge on any atom is -0.480 e. The average molecular weight is 349 g/mol. The number of carbonyl (C=O) groups is 4. The highest BCUT2D eigenvalue weighted by atomic mass is 16.4. The van der Waals surface area contributed by atoms with Gasteiger partial charge in [0, 0.05) is 18.3 Å². The lowest BCUT2D eigenvalue weighted by Crippen LogP contribution is -2.54. The lowest BCUT2D eigenvalue weighted by atomic mass is 10.0. The third-order valence-corrected chi connectivity index (χ3v) is 3.52. The predicted molar refractivity (Wildman–Crippen MR) is 89.6 cm³/mol. The van der Waals surface area contributed by atoms with Gasteiger partial charge in [-0.1, -0.05) is 19.9 Å². The molecule has 2 amide bonds. The predicted octanol–water partition coefficient (Wildman–Crippen LogP) is 0.313. The van der Waals surface area contributed by atoms with Crippen LogP contribution in [-0.2, 0) is 25.6 Å². The maximum atomic E-state index is 12.4. The Balaban J connectivity index is 2.70. The highest BCUT2D eigenvalue weighted by molar-refractivity contribution is 5.91. The Morgan fingerprint density at radius 1 is 1.24 bits per heavy atom. The molecule has 0 bridgehead atoms. The summed E-state index contributed by atoms with van der Waals surface area (Å²) in [4.78, 5) is 50.1. The Labute approximate surface area is 146 Å². The van der Waals surface area contributed by atoms with E-state index < -0.39 is 24.0 Å². The molecule has 0 aliphatic rings. The largest absolute Gasteiger partial charge is 0.480 e. The molecule has 0 aliphatic carbocycles. The Bertz CT molecular complexity index is 604. The molecule has 136 valence electrons. The van der Waals surface area contributed by atoms with E-state index in [9.17, 15) is 19.2 Å². The van der Waals surface area contributed by atoms with Gasteiger partial charge in [0.2, 0.25) is 11.8 Å². The summed E-state index contributed by atoms with van der Waals surface area (Å²) in [6.07, 6.45) is 2.20. The van der Waals surface area contributed by atoms with E-state index in [-0.39, 0.29) is 31.1 Å². The molecule has 1 aromatic heterocycles. The zero-order valence-corrected chi connectivity index (χ0v) is 14.3. The van der Waals surface area contributed by atoms with Gasteiger partial charge in [0.05, 0.1) is 6.42 Å². The van der Waals surface area contributed by atoms with Crippen LogP contribution in [0.25, 0.3) is 0 Å². The zero-order chi connectivity index (χ0) is 18.8. The first kappa shape index (κ1) is 20.3. The number of hydrogen-bond donors (Lipinski definition) is 3. The van der Waals surface area contributed by atoms with Crippen LogP contribution in [0.5, 0.6) is 0 Å². The van der Waals surface area contributed by atoms with Crippen molar-refractivity contribution < 1.29 is 24.3 Å². The highest BCUT2D eigenvalue weighted by Crippen LogP contribution is 2.05.